The smallest absolute Gasteiger partial charge is 0.257 e. The molecule has 0 aromatic heterocycles. The van der Waals surface area contributed by atoms with Crippen molar-refractivity contribution in [2.24, 2.45) is 16.8 Å². The van der Waals surface area contributed by atoms with E-state index in [4.69, 9.17) is 15.6 Å². The Labute approximate surface area is 188 Å². The van der Waals surface area contributed by atoms with Crippen molar-refractivity contribution in [2.45, 2.75) is 32.2 Å². The van der Waals surface area contributed by atoms with Gasteiger partial charge in [-0.25, -0.2) is 5.01 Å². The van der Waals surface area contributed by atoms with Gasteiger partial charge in [-0.05, 0) is 56.1 Å². The van der Waals surface area contributed by atoms with E-state index in [9.17, 15) is 9.59 Å². The van der Waals surface area contributed by atoms with Gasteiger partial charge in [-0.3, -0.25) is 14.5 Å². The van der Waals surface area contributed by atoms with E-state index in [1.165, 1.54) is 0 Å². The number of benzene rings is 2. The number of carbonyl (C=O) groups is 2. The van der Waals surface area contributed by atoms with Crippen molar-refractivity contribution in [3.05, 3.63) is 65.7 Å². The molecule has 0 unspecified atom stereocenters. The van der Waals surface area contributed by atoms with Crippen molar-refractivity contribution in [3.63, 3.8) is 0 Å². The maximum absolute atomic E-state index is 13.3. The molecule has 2 aliphatic rings. The lowest BCUT2D eigenvalue weighted by molar-refractivity contribution is -0.134. The van der Waals surface area contributed by atoms with Gasteiger partial charge in [-0.2, -0.15) is 5.10 Å². The first-order valence-electron chi connectivity index (χ1n) is 11.2. The zero-order chi connectivity index (χ0) is 22.5. The van der Waals surface area contributed by atoms with Crippen molar-refractivity contribution >= 4 is 17.5 Å². The third-order valence-electron chi connectivity index (χ3n) is 6.20. The summed E-state index contributed by atoms with van der Waals surface area (Å²) in [6, 6.07) is 17.7. The number of ether oxygens (including phenoxy) is 1. The van der Waals surface area contributed by atoms with Crippen LogP contribution in [0, 0.1) is 5.92 Å². The van der Waals surface area contributed by atoms with Gasteiger partial charge in [0.05, 0.1) is 24.9 Å². The molecular formula is C25H30N4O3. The summed E-state index contributed by atoms with van der Waals surface area (Å²) in [6.45, 7) is 4.23. The van der Waals surface area contributed by atoms with Gasteiger partial charge in [0.1, 0.15) is 5.75 Å². The number of nitrogens with zero attached hydrogens (tertiary/aromatic N) is 3. The molecule has 2 heterocycles. The van der Waals surface area contributed by atoms with Gasteiger partial charge in [0, 0.05) is 12.3 Å². The molecule has 0 aliphatic carbocycles. The van der Waals surface area contributed by atoms with Gasteiger partial charge in [-0.1, -0.05) is 42.5 Å². The lowest BCUT2D eigenvalue weighted by atomic mass is 9.96. The van der Waals surface area contributed by atoms with Crippen molar-refractivity contribution < 1.29 is 14.3 Å². The highest BCUT2D eigenvalue weighted by molar-refractivity contribution is 6.03. The SMILES string of the molecule is CCOc1ccc([C@@H]2CC(c3ccccc3)=NN2C(=O)CN2CCC(C(N)=O)CC2)cc1. The fourth-order valence-corrected chi connectivity index (χ4v) is 4.40. The molecule has 0 spiro atoms. The van der Waals surface area contributed by atoms with Crippen molar-refractivity contribution in [3.8, 4) is 5.75 Å². The number of amides is 2. The zero-order valence-electron chi connectivity index (χ0n) is 18.4. The molecule has 168 valence electrons. The number of carbonyl (C=O) groups excluding carboxylic acids is 2. The van der Waals surface area contributed by atoms with Crippen LogP contribution in [0.4, 0.5) is 0 Å². The third-order valence-corrected chi connectivity index (χ3v) is 6.20. The molecule has 4 rings (SSSR count). The van der Waals surface area contributed by atoms with Crippen molar-refractivity contribution in [1.82, 2.24) is 9.91 Å². The highest BCUT2D eigenvalue weighted by Crippen LogP contribution is 2.34. The number of primary amides is 1. The van der Waals surface area contributed by atoms with Crippen LogP contribution >= 0.6 is 0 Å². The molecule has 32 heavy (non-hydrogen) atoms. The highest BCUT2D eigenvalue weighted by atomic mass is 16.5. The normalized spacial score (nSPS) is 19.6. The second-order valence-electron chi connectivity index (χ2n) is 8.33. The van der Waals surface area contributed by atoms with Crippen LogP contribution in [0.1, 0.15) is 43.4 Å². The Balaban J connectivity index is 1.51. The zero-order valence-corrected chi connectivity index (χ0v) is 18.4. The van der Waals surface area contributed by atoms with E-state index in [-0.39, 0.29) is 30.3 Å². The molecule has 7 nitrogen and oxygen atoms in total. The molecule has 1 atom stereocenters. The number of likely N-dealkylation sites (tertiary alicyclic amines) is 1. The van der Waals surface area contributed by atoms with Gasteiger partial charge in [0.25, 0.3) is 5.91 Å². The first-order valence-corrected chi connectivity index (χ1v) is 11.2. The van der Waals surface area contributed by atoms with Crippen LogP contribution in [-0.2, 0) is 9.59 Å². The predicted octanol–water partition coefficient (Wildman–Crippen LogP) is 2.96. The number of piperidine rings is 1. The topological polar surface area (TPSA) is 88.2 Å². The summed E-state index contributed by atoms with van der Waals surface area (Å²) in [6.07, 6.45) is 2.06. The van der Waals surface area contributed by atoms with Crippen LogP contribution in [-0.4, -0.2) is 53.7 Å². The molecule has 0 radical (unpaired) electrons. The molecule has 7 heteroatoms. The van der Waals surface area contributed by atoms with Gasteiger partial charge in [0.2, 0.25) is 5.91 Å². The van der Waals surface area contributed by atoms with Crippen LogP contribution in [0.5, 0.6) is 5.75 Å². The summed E-state index contributed by atoms with van der Waals surface area (Å²) in [7, 11) is 0. The fraction of sp³-hybridized carbons (Fsp3) is 0.400. The Kier molecular flexibility index (Phi) is 6.85. The lowest BCUT2D eigenvalue weighted by Gasteiger charge is -2.31. The first-order chi connectivity index (χ1) is 15.5. The summed E-state index contributed by atoms with van der Waals surface area (Å²) < 4.78 is 5.57. The molecule has 2 aromatic carbocycles. The van der Waals surface area contributed by atoms with Crippen LogP contribution in [0.25, 0.3) is 0 Å². The number of hydrogen-bond donors (Lipinski definition) is 1. The average Bonchev–Trinajstić information content (AvgIpc) is 3.26. The van der Waals surface area contributed by atoms with E-state index in [1.807, 2.05) is 61.5 Å². The second-order valence-corrected chi connectivity index (χ2v) is 8.33. The largest absolute Gasteiger partial charge is 0.494 e. The van der Waals surface area contributed by atoms with E-state index in [0.29, 0.717) is 39.0 Å². The lowest BCUT2D eigenvalue weighted by Crippen LogP contribution is -2.43. The maximum atomic E-state index is 13.3. The van der Waals surface area contributed by atoms with E-state index < -0.39 is 0 Å². The number of hydrazone groups is 1. The first kappa shape index (κ1) is 22.0. The summed E-state index contributed by atoms with van der Waals surface area (Å²) in [4.78, 5) is 26.8. The average molecular weight is 435 g/mol. The number of rotatable bonds is 7. The van der Waals surface area contributed by atoms with Crippen LogP contribution in [0.2, 0.25) is 0 Å². The Hall–Kier alpha value is -3.19. The molecule has 0 bridgehead atoms. The summed E-state index contributed by atoms with van der Waals surface area (Å²) in [5.41, 5.74) is 8.40. The van der Waals surface area contributed by atoms with Gasteiger partial charge in [-0.15, -0.1) is 0 Å². The van der Waals surface area contributed by atoms with Crippen LogP contribution in [0.3, 0.4) is 0 Å². The molecule has 2 amide bonds. The highest BCUT2D eigenvalue weighted by Gasteiger charge is 2.34. The Morgan fingerprint density at radius 3 is 2.38 bits per heavy atom. The fourth-order valence-electron chi connectivity index (χ4n) is 4.40. The molecule has 1 saturated heterocycles. The standard InChI is InChI=1S/C25H30N4O3/c1-2-32-21-10-8-19(9-11-21)23-16-22(18-6-4-3-5-7-18)27-29(23)24(30)17-28-14-12-20(13-15-28)25(26)31/h3-11,20,23H,2,12-17H2,1H3,(H2,26,31)/t23-/m0/s1. The van der Waals surface area contributed by atoms with E-state index in [1.54, 1.807) is 5.01 Å². The Morgan fingerprint density at radius 1 is 1.06 bits per heavy atom. The predicted molar refractivity (Wildman–Crippen MR) is 123 cm³/mol. The van der Waals surface area contributed by atoms with Gasteiger partial charge in [0.15, 0.2) is 0 Å². The minimum atomic E-state index is -0.247. The van der Waals surface area contributed by atoms with Gasteiger partial charge < -0.3 is 10.5 Å². The van der Waals surface area contributed by atoms with Gasteiger partial charge >= 0.3 is 0 Å². The minimum absolute atomic E-state index is 0.0349. The number of hydrogen-bond acceptors (Lipinski definition) is 5. The van der Waals surface area contributed by atoms with E-state index in [0.717, 1.165) is 22.6 Å². The summed E-state index contributed by atoms with van der Waals surface area (Å²) in [5.74, 6) is 0.441. The molecule has 2 aliphatic heterocycles. The molecule has 2 aromatic rings. The minimum Gasteiger partial charge on any atom is -0.494 e. The van der Waals surface area contributed by atoms with Crippen LogP contribution < -0.4 is 10.5 Å². The van der Waals surface area contributed by atoms with Crippen LogP contribution in [0.15, 0.2) is 59.7 Å². The molecule has 1 fully saturated rings. The third kappa shape index (κ3) is 4.99. The van der Waals surface area contributed by atoms with E-state index >= 15 is 0 Å². The molecular weight excluding hydrogens is 404 g/mol. The summed E-state index contributed by atoms with van der Waals surface area (Å²) in [5, 5.41) is 6.39. The Morgan fingerprint density at radius 2 is 1.75 bits per heavy atom. The summed E-state index contributed by atoms with van der Waals surface area (Å²) >= 11 is 0. The Bertz CT molecular complexity index is 966. The quantitative estimate of drug-likeness (QED) is 0.726. The number of nitrogens with two attached hydrogens (primary N) is 1. The second kappa shape index (κ2) is 9.96. The van der Waals surface area contributed by atoms with Crippen molar-refractivity contribution in [1.29, 1.82) is 0 Å². The van der Waals surface area contributed by atoms with E-state index in [2.05, 4.69) is 4.90 Å². The maximum Gasteiger partial charge on any atom is 0.257 e. The molecule has 0 saturated carbocycles. The van der Waals surface area contributed by atoms with Crippen molar-refractivity contribution in [2.75, 3.05) is 26.2 Å². The monoisotopic (exact) mass is 434 g/mol. The molecule has 2 N–H and O–H groups in total.